The van der Waals surface area contributed by atoms with E-state index < -0.39 is 0 Å². The van der Waals surface area contributed by atoms with Gasteiger partial charge < -0.3 is 5.32 Å². The van der Waals surface area contributed by atoms with Crippen molar-refractivity contribution in [3.63, 3.8) is 0 Å². The quantitative estimate of drug-likeness (QED) is 0.801. The van der Waals surface area contributed by atoms with Gasteiger partial charge in [-0.15, -0.1) is 9.24 Å². The lowest BCUT2D eigenvalue weighted by atomic mass is 10.1. The highest BCUT2D eigenvalue weighted by Crippen LogP contribution is 2.45. The standard InChI is InChI=1S/C10H13BrNP/c1-12-10(2-3-10)7-4-8(11)6-9(13)5-7/h4-6,12H,2-3,13H2,1H3. The van der Waals surface area contributed by atoms with E-state index in [4.69, 9.17) is 0 Å². The van der Waals surface area contributed by atoms with Crippen molar-refractivity contribution in [1.82, 2.24) is 5.32 Å². The highest BCUT2D eigenvalue weighted by Gasteiger charge is 2.42. The van der Waals surface area contributed by atoms with Gasteiger partial charge in [0.25, 0.3) is 0 Å². The predicted octanol–water partition coefficient (Wildman–Crippen LogP) is 2.16. The summed E-state index contributed by atoms with van der Waals surface area (Å²) in [6.45, 7) is 0. The average Bonchev–Trinajstić information content (AvgIpc) is 2.82. The van der Waals surface area contributed by atoms with E-state index in [0.717, 1.165) is 4.47 Å². The molecule has 70 valence electrons. The molecule has 1 unspecified atom stereocenters. The molecule has 0 aromatic heterocycles. The summed E-state index contributed by atoms with van der Waals surface area (Å²) in [4.78, 5) is 0. The zero-order valence-corrected chi connectivity index (χ0v) is 10.3. The van der Waals surface area contributed by atoms with Crippen LogP contribution in [0.5, 0.6) is 0 Å². The Hall–Kier alpha value is 0.0900. The Morgan fingerprint density at radius 3 is 2.54 bits per heavy atom. The van der Waals surface area contributed by atoms with Crippen molar-refractivity contribution >= 4 is 30.5 Å². The average molecular weight is 258 g/mol. The Bertz CT molecular complexity index is 313. The Morgan fingerprint density at radius 1 is 1.38 bits per heavy atom. The summed E-state index contributed by atoms with van der Waals surface area (Å²) in [6.07, 6.45) is 2.51. The fourth-order valence-corrected chi connectivity index (χ4v) is 2.81. The smallest absolute Gasteiger partial charge is 0.0434 e. The van der Waals surface area contributed by atoms with E-state index in [1.165, 1.54) is 23.7 Å². The number of hydrogen-bond donors (Lipinski definition) is 1. The number of hydrogen-bond acceptors (Lipinski definition) is 1. The maximum Gasteiger partial charge on any atom is 0.0434 e. The van der Waals surface area contributed by atoms with E-state index in [2.05, 4.69) is 48.7 Å². The number of halogens is 1. The van der Waals surface area contributed by atoms with Crippen LogP contribution in [0.15, 0.2) is 22.7 Å². The SMILES string of the molecule is CNC1(c2cc(P)cc(Br)c2)CC1. The molecule has 1 aromatic carbocycles. The molecule has 1 N–H and O–H groups in total. The van der Waals surface area contributed by atoms with Gasteiger partial charge in [0.2, 0.25) is 0 Å². The van der Waals surface area contributed by atoms with Crippen molar-refractivity contribution in [1.29, 1.82) is 0 Å². The van der Waals surface area contributed by atoms with Gasteiger partial charge in [0.15, 0.2) is 0 Å². The topological polar surface area (TPSA) is 12.0 Å². The van der Waals surface area contributed by atoms with Gasteiger partial charge in [-0.1, -0.05) is 15.9 Å². The van der Waals surface area contributed by atoms with Crippen LogP contribution in [0.25, 0.3) is 0 Å². The van der Waals surface area contributed by atoms with Gasteiger partial charge in [0, 0.05) is 10.0 Å². The normalized spacial score (nSPS) is 18.7. The van der Waals surface area contributed by atoms with E-state index in [0.29, 0.717) is 0 Å². The van der Waals surface area contributed by atoms with Gasteiger partial charge in [-0.2, -0.15) is 0 Å². The molecule has 1 atom stereocenters. The van der Waals surface area contributed by atoms with Crippen molar-refractivity contribution in [2.45, 2.75) is 18.4 Å². The number of benzene rings is 1. The molecule has 0 aliphatic heterocycles. The zero-order chi connectivity index (χ0) is 9.47. The van der Waals surface area contributed by atoms with Gasteiger partial charge in [0.05, 0.1) is 0 Å². The maximum atomic E-state index is 3.52. The maximum absolute atomic E-state index is 3.52. The third-order valence-corrected chi connectivity index (χ3v) is 3.49. The molecule has 2 rings (SSSR count). The van der Waals surface area contributed by atoms with Gasteiger partial charge in [-0.3, -0.25) is 0 Å². The zero-order valence-electron chi connectivity index (χ0n) is 7.60. The Morgan fingerprint density at radius 2 is 2.08 bits per heavy atom. The first kappa shape index (κ1) is 9.64. The van der Waals surface area contributed by atoms with Gasteiger partial charge in [-0.25, -0.2) is 0 Å². The fourth-order valence-electron chi connectivity index (χ4n) is 1.70. The van der Waals surface area contributed by atoms with E-state index in [1.807, 2.05) is 7.05 Å². The minimum Gasteiger partial charge on any atom is -0.310 e. The summed E-state index contributed by atoms with van der Waals surface area (Å²) < 4.78 is 1.16. The lowest BCUT2D eigenvalue weighted by molar-refractivity contribution is 0.586. The fraction of sp³-hybridized carbons (Fsp3) is 0.400. The second-order valence-corrected chi connectivity index (χ2v) is 5.19. The Labute approximate surface area is 89.6 Å². The second-order valence-electron chi connectivity index (χ2n) is 3.61. The third-order valence-electron chi connectivity index (χ3n) is 2.70. The van der Waals surface area contributed by atoms with Crippen molar-refractivity contribution in [2.75, 3.05) is 7.05 Å². The summed E-state index contributed by atoms with van der Waals surface area (Å²) in [5.41, 5.74) is 1.67. The first-order chi connectivity index (χ1) is 6.16. The van der Waals surface area contributed by atoms with Crippen LogP contribution in [-0.4, -0.2) is 7.05 Å². The first-order valence-corrected chi connectivity index (χ1v) is 5.79. The molecule has 1 aromatic rings. The third kappa shape index (κ3) is 1.81. The van der Waals surface area contributed by atoms with E-state index in [-0.39, 0.29) is 5.54 Å². The predicted molar refractivity (Wildman–Crippen MR) is 63.5 cm³/mol. The molecule has 1 aliphatic rings. The van der Waals surface area contributed by atoms with Crippen LogP contribution >= 0.6 is 25.2 Å². The number of rotatable bonds is 2. The number of nitrogens with one attached hydrogen (secondary N) is 1. The first-order valence-electron chi connectivity index (χ1n) is 4.42. The van der Waals surface area contributed by atoms with E-state index >= 15 is 0 Å². The van der Waals surface area contributed by atoms with Crippen molar-refractivity contribution in [3.8, 4) is 0 Å². The van der Waals surface area contributed by atoms with E-state index in [1.54, 1.807) is 0 Å². The second kappa shape index (κ2) is 3.34. The highest BCUT2D eigenvalue weighted by molar-refractivity contribution is 9.10. The molecule has 0 spiro atoms. The van der Waals surface area contributed by atoms with Crippen molar-refractivity contribution < 1.29 is 0 Å². The molecule has 1 nitrogen and oxygen atoms in total. The lowest BCUT2D eigenvalue weighted by Crippen LogP contribution is -2.25. The monoisotopic (exact) mass is 257 g/mol. The van der Waals surface area contributed by atoms with Crippen LogP contribution in [-0.2, 0) is 5.54 Å². The molecule has 0 bridgehead atoms. The molecular formula is C10H13BrNP. The minimum atomic E-state index is 0.273. The molecule has 1 saturated carbocycles. The molecule has 0 saturated heterocycles. The molecular weight excluding hydrogens is 245 g/mol. The van der Waals surface area contributed by atoms with Crippen molar-refractivity contribution in [3.05, 3.63) is 28.2 Å². The molecule has 3 heteroatoms. The van der Waals surface area contributed by atoms with E-state index in [9.17, 15) is 0 Å². The van der Waals surface area contributed by atoms with Gasteiger partial charge in [0.1, 0.15) is 0 Å². The summed E-state index contributed by atoms with van der Waals surface area (Å²) >= 11 is 3.52. The lowest BCUT2D eigenvalue weighted by Gasteiger charge is -2.15. The summed E-state index contributed by atoms with van der Waals surface area (Å²) in [6, 6.07) is 6.55. The summed E-state index contributed by atoms with van der Waals surface area (Å²) in [7, 11) is 4.78. The molecule has 13 heavy (non-hydrogen) atoms. The van der Waals surface area contributed by atoms with Crippen LogP contribution in [0.1, 0.15) is 18.4 Å². The van der Waals surface area contributed by atoms with Crippen LogP contribution in [0.2, 0.25) is 0 Å². The molecule has 1 aliphatic carbocycles. The molecule has 0 heterocycles. The Balaban J connectivity index is 2.40. The Kier molecular flexibility index (Phi) is 2.48. The molecule has 1 fully saturated rings. The van der Waals surface area contributed by atoms with Crippen molar-refractivity contribution in [2.24, 2.45) is 0 Å². The van der Waals surface area contributed by atoms with Crippen LogP contribution < -0.4 is 10.6 Å². The van der Waals surface area contributed by atoms with Crippen LogP contribution in [0.3, 0.4) is 0 Å². The van der Waals surface area contributed by atoms with Gasteiger partial charge >= 0.3 is 0 Å². The van der Waals surface area contributed by atoms with Gasteiger partial charge in [-0.05, 0) is 49.0 Å². The van der Waals surface area contributed by atoms with Crippen LogP contribution in [0, 0.1) is 0 Å². The highest BCUT2D eigenvalue weighted by atomic mass is 79.9. The summed E-state index contributed by atoms with van der Waals surface area (Å²) in [5, 5.41) is 4.63. The largest absolute Gasteiger partial charge is 0.310 e. The molecule has 0 radical (unpaired) electrons. The summed E-state index contributed by atoms with van der Waals surface area (Å²) in [5.74, 6) is 0. The molecule has 0 amide bonds. The van der Waals surface area contributed by atoms with Crippen LogP contribution in [0.4, 0.5) is 0 Å². The minimum absolute atomic E-state index is 0.273.